The zero-order chi connectivity index (χ0) is 11.1. The summed E-state index contributed by atoms with van der Waals surface area (Å²) in [6.45, 7) is 2.34. The third-order valence-corrected chi connectivity index (χ3v) is 4.80. The average Bonchev–Trinajstić information content (AvgIpc) is 2.66. The molecule has 0 fully saturated rings. The van der Waals surface area contributed by atoms with E-state index in [4.69, 9.17) is 0 Å². The van der Waals surface area contributed by atoms with Crippen LogP contribution in [0.2, 0.25) is 0 Å². The topological polar surface area (TPSA) is 15.8 Å². The molecule has 0 radical (unpaired) electrons. The van der Waals surface area contributed by atoms with Crippen LogP contribution in [0.25, 0.3) is 10.9 Å². The quantitative estimate of drug-likeness (QED) is 0.600. The largest absolute Gasteiger partial charge is 0.358 e. The summed E-state index contributed by atoms with van der Waals surface area (Å²) in [4.78, 5) is 3.57. The van der Waals surface area contributed by atoms with Crippen molar-refractivity contribution in [3.05, 3.63) is 35.5 Å². The maximum absolute atomic E-state index is 3.57. The van der Waals surface area contributed by atoms with Gasteiger partial charge in [-0.2, -0.15) is 0 Å². The van der Waals surface area contributed by atoms with Crippen molar-refractivity contribution in [1.82, 2.24) is 4.98 Å². The van der Waals surface area contributed by atoms with E-state index in [1.54, 1.807) is 5.56 Å². The highest BCUT2D eigenvalue weighted by molar-refractivity contribution is 14.1. The predicted octanol–water partition coefficient (Wildman–Crippen LogP) is 4.10. The molecule has 1 heterocycles. The van der Waals surface area contributed by atoms with Gasteiger partial charge in [-0.05, 0) is 36.8 Å². The molecule has 0 aliphatic heterocycles. The molecular formula is C14H16IN. The molecule has 2 atom stereocenters. The summed E-state index contributed by atoms with van der Waals surface area (Å²) in [5.74, 6) is 0.854. The number of alkyl halides is 1. The molecule has 0 saturated carbocycles. The Kier molecular flexibility index (Phi) is 2.70. The number of H-pyrrole nitrogens is 1. The number of rotatable bonds is 1. The van der Waals surface area contributed by atoms with E-state index in [1.807, 2.05) is 0 Å². The fraction of sp³-hybridized carbons (Fsp3) is 0.429. The van der Waals surface area contributed by atoms with Crippen LogP contribution in [0.3, 0.4) is 0 Å². The number of nitrogens with one attached hydrogen (secondary N) is 1. The normalized spacial score (nSPS) is 22.0. The van der Waals surface area contributed by atoms with Gasteiger partial charge in [0.05, 0.1) is 0 Å². The van der Waals surface area contributed by atoms with Gasteiger partial charge in [0.1, 0.15) is 0 Å². The Labute approximate surface area is 110 Å². The number of aromatic nitrogens is 1. The minimum atomic E-state index is 0.777. The number of para-hydroxylation sites is 1. The average molecular weight is 325 g/mol. The van der Waals surface area contributed by atoms with Crippen LogP contribution < -0.4 is 0 Å². The van der Waals surface area contributed by atoms with Crippen LogP contribution in [-0.4, -0.2) is 8.91 Å². The van der Waals surface area contributed by atoms with Crippen molar-refractivity contribution in [2.24, 2.45) is 5.92 Å². The standard InChI is InChI=1S/C14H16IN/c1-9(15)10-6-7-14-12(8-10)11-4-2-3-5-13(11)16-14/h2-5,9-10,16H,6-8H2,1H3. The highest BCUT2D eigenvalue weighted by Crippen LogP contribution is 2.34. The van der Waals surface area contributed by atoms with Gasteiger partial charge in [-0.15, -0.1) is 0 Å². The van der Waals surface area contributed by atoms with Gasteiger partial charge in [-0.3, -0.25) is 0 Å². The third kappa shape index (κ3) is 1.67. The van der Waals surface area contributed by atoms with E-state index in [0.29, 0.717) is 0 Å². The van der Waals surface area contributed by atoms with Gasteiger partial charge in [-0.25, -0.2) is 0 Å². The molecule has 2 unspecified atom stereocenters. The zero-order valence-corrected chi connectivity index (χ0v) is 11.6. The lowest BCUT2D eigenvalue weighted by molar-refractivity contribution is 0.464. The summed E-state index contributed by atoms with van der Waals surface area (Å²) in [7, 11) is 0. The molecule has 0 amide bonds. The molecule has 84 valence electrons. The molecule has 16 heavy (non-hydrogen) atoms. The van der Waals surface area contributed by atoms with Gasteiger partial charge in [0, 0.05) is 20.5 Å². The third-order valence-electron chi connectivity index (χ3n) is 3.78. The SMILES string of the molecule is CC(I)C1CCc2[nH]c3ccccc3c2C1. The second kappa shape index (κ2) is 4.06. The summed E-state index contributed by atoms with van der Waals surface area (Å²) in [6, 6.07) is 8.71. The van der Waals surface area contributed by atoms with E-state index in [0.717, 1.165) is 9.84 Å². The molecule has 2 aromatic rings. The summed E-state index contributed by atoms with van der Waals surface area (Å²) in [5.41, 5.74) is 4.37. The first kappa shape index (κ1) is 10.6. The monoisotopic (exact) mass is 325 g/mol. The van der Waals surface area contributed by atoms with Crippen molar-refractivity contribution >= 4 is 33.5 Å². The highest BCUT2D eigenvalue weighted by Gasteiger charge is 2.24. The number of fused-ring (bicyclic) bond motifs is 3. The first-order chi connectivity index (χ1) is 7.75. The van der Waals surface area contributed by atoms with Gasteiger partial charge in [0.25, 0.3) is 0 Å². The number of aryl methyl sites for hydroxylation is 1. The minimum absolute atomic E-state index is 0.777. The van der Waals surface area contributed by atoms with Crippen LogP contribution >= 0.6 is 22.6 Å². The fourth-order valence-corrected chi connectivity index (χ4v) is 3.40. The summed E-state index contributed by atoms with van der Waals surface area (Å²) in [6.07, 6.45) is 3.81. The first-order valence-electron chi connectivity index (χ1n) is 5.98. The van der Waals surface area contributed by atoms with Crippen LogP contribution in [0.15, 0.2) is 24.3 Å². The molecule has 3 rings (SSSR count). The highest BCUT2D eigenvalue weighted by atomic mass is 127. The molecule has 1 aromatic heterocycles. The molecule has 1 N–H and O–H groups in total. The van der Waals surface area contributed by atoms with Gasteiger partial charge in [0.2, 0.25) is 0 Å². The second-order valence-electron chi connectivity index (χ2n) is 4.81. The van der Waals surface area contributed by atoms with Crippen molar-refractivity contribution in [3.8, 4) is 0 Å². The van der Waals surface area contributed by atoms with Crippen LogP contribution in [0.4, 0.5) is 0 Å². The van der Waals surface area contributed by atoms with Gasteiger partial charge in [-0.1, -0.05) is 47.7 Å². The van der Waals surface area contributed by atoms with Gasteiger partial charge in [0.15, 0.2) is 0 Å². The molecule has 1 nitrogen and oxygen atoms in total. The maximum Gasteiger partial charge on any atom is 0.0458 e. The van der Waals surface area contributed by atoms with E-state index in [-0.39, 0.29) is 0 Å². The summed E-state index contributed by atoms with van der Waals surface area (Å²) < 4.78 is 0.777. The van der Waals surface area contributed by atoms with Crippen molar-refractivity contribution in [1.29, 1.82) is 0 Å². The smallest absolute Gasteiger partial charge is 0.0458 e. The van der Waals surface area contributed by atoms with Crippen molar-refractivity contribution in [3.63, 3.8) is 0 Å². The number of hydrogen-bond donors (Lipinski definition) is 1. The van der Waals surface area contributed by atoms with E-state index in [1.165, 1.54) is 35.9 Å². The minimum Gasteiger partial charge on any atom is -0.358 e. The van der Waals surface area contributed by atoms with Crippen LogP contribution in [0, 0.1) is 5.92 Å². The van der Waals surface area contributed by atoms with Crippen LogP contribution in [0.1, 0.15) is 24.6 Å². The Balaban J connectivity index is 2.08. The number of aromatic amines is 1. The predicted molar refractivity (Wildman–Crippen MR) is 77.3 cm³/mol. The van der Waals surface area contributed by atoms with Crippen molar-refractivity contribution in [2.45, 2.75) is 30.1 Å². The second-order valence-corrected chi connectivity index (χ2v) is 6.77. The molecular weight excluding hydrogens is 309 g/mol. The Morgan fingerprint density at radius 2 is 2.19 bits per heavy atom. The van der Waals surface area contributed by atoms with Crippen LogP contribution in [0.5, 0.6) is 0 Å². The molecule has 0 bridgehead atoms. The summed E-state index contributed by atoms with van der Waals surface area (Å²) >= 11 is 2.57. The van der Waals surface area contributed by atoms with Crippen molar-refractivity contribution < 1.29 is 0 Å². The maximum atomic E-state index is 3.57. The molecule has 0 saturated heterocycles. The Morgan fingerprint density at radius 1 is 1.38 bits per heavy atom. The van der Waals surface area contributed by atoms with Gasteiger partial charge < -0.3 is 4.98 Å². The van der Waals surface area contributed by atoms with E-state index < -0.39 is 0 Å². The fourth-order valence-electron chi connectivity index (χ4n) is 2.79. The first-order valence-corrected chi connectivity index (χ1v) is 7.23. The Morgan fingerprint density at radius 3 is 3.00 bits per heavy atom. The lowest BCUT2D eigenvalue weighted by Crippen LogP contribution is -2.20. The molecule has 0 spiro atoms. The van der Waals surface area contributed by atoms with Crippen LogP contribution in [-0.2, 0) is 12.8 Å². The Hall–Kier alpha value is -0.510. The number of halogens is 1. The lowest BCUT2D eigenvalue weighted by atomic mass is 9.85. The zero-order valence-electron chi connectivity index (χ0n) is 9.46. The summed E-state index contributed by atoms with van der Waals surface area (Å²) in [5, 5.41) is 1.44. The van der Waals surface area contributed by atoms with Crippen molar-refractivity contribution in [2.75, 3.05) is 0 Å². The Bertz CT molecular complexity index is 512. The van der Waals surface area contributed by atoms with E-state index in [9.17, 15) is 0 Å². The molecule has 1 aromatic carbocycles. The molecule has 1 aliphatic carbocycles. The number of hydrogen-bond acceptors (Lipinski definition) is 0. The van der Waals surface area contributed by atoms with E-state index in [2.05, 4.69) is 58.8 Å². The number of benzene rings is 1. The van der Waals surface area contributed by atoms with E-state index >= 15 is 0 Å². The molecule has 2 heteroatoms. The van der Waals surface area contributed by atoms with Gasteiger partial charge >= 0.3 is 0 Å². The molecule has 1 aliphatic rings. The lowest BCUT2D eigenvalue weighted by Gasteiger charge is -2.24.